The second-order valence-corrected chi connectivity index (χ2v) is 8.33. The van der Waals surface area contributed by atoms with Gasteiger partial charge in [0, 0.05) is 36.8 Å². The van der Waals surface area contributed by atoms with Gasteiger partial charge in [-0.3, -0.25) is 9.69 Å². The number of carbonyl (C=O) groups is 1. The number of halogens is 1. The quantitative estimate of drug-likeness (QED) is 0.519. The molecule has 1 amide bonds. The highest BCUT2D eigenvalue weighted by Crippen LogP contribution is 2.19. The summed E-state index contributed by atoms with van der Waals surface area (Å²) in [6, 6.07) is 5.61. The number of aryl methyl sites for hydroxylation is 2. The molecule has 1 fully saturated rings. The number of nitrogens with zero attached hydrogens (tertiary/aromatic N) is 8. The lowest BCUT2D eigenvalue weighted by Gasteiger charge is -2.38. The first-order valence-electron chi connectivity index (χ1n) is 10.4. The third-order valence-electron chi connectivity index (χ3n) is 5.30. The molecule has 0 saturated carbocycles. The topological polar surface area (TPSA) is 106 Å². The number of benzene rings is 1. The Hall–Kier alpha value is -3.11. The molecule has 0 spiro atoms. The van der Waals surface area contributed by atoms with E-state index in [4.69, 9.17) is 16.1 Å². The summed E-state index contributed by atoms with van der Waals surface area (Å²) < 4.78 is 5.21. The molecule has 10 nitrogen and oxygen atoms in total. The summed E-state index contributed by atoms with van der Waals surface area (Å²) >= 11 is 6.18. The standard InChI is InChI=1S/C21H25ClN8O2/c1-14-11-28(13-20-23-15(2)26-32-20)8-9-29(14)21(31)7-5-17-4-6-19(22)10-18(17)12-30-25-16(3)24-27-30/h4-7,10,14H,8-9,11-13H2,1-3H3. The Morgan fingerprint density at radius 1 is 1.25 bits per heavy atom. The number of carbonyl (C=O) groups excluding carboxylic acids is 1. The van der Waals surface area contributed by atoms with Crippen molar-refractivity contribution in [1.29, 1.82) is 0 Å². The molecule has 0 bridgehead atoms. The Morgan fingerprint density at radius 3 is 2.78 bits per heavy atom. The third-order valence-corrected chi connectivity index (χ3v) is 5.53. The summed E-state index contributed by atoms with van der Waals surface area (Å²) in [5, 5.41) is 16.6. The number of rotatable bonds is 6. The smallest absolute Gasteiger partial charge is 0.246 e. The van der Waals surface area contributed by atoms with Crippen molar-refractivity contribution in [1.82, 2.24) is 40.1 Å². The maximum atomic E-state index is 12.9. The first-order valence-corrected chi connectivity index (χ1v) is 10.8. The average Bonchev–Trinajstić information content (AvgIpc) is 3.34. The molecular weight excluding hydrogens is 432 g/mol. The van der Waals surface area contributed by atoms with E-state index < -0.39 is 0 Å². The number of hydrogen-bond donors (Lipinski definition) is 0. The SMILES string of the molecule is Cc1noc(CN2CCN(C(=O)C=Cc3ccc(Cl)cc3Cn3nnc(C)n3)C(C)C2)n1. The van der Waals surface area contributed by atoms with Crippen LogP contribution in [-0.4, -0.2) is 71.7 Å². The molecule has 1 aliphatic rings. The van der Waals surface area contributed by atoms with Gasteiger partial charge in [-0.15, -0.1) is 10.2 Å². The zero-order valence-corrected chi connectivity index (χ0v) is 19.0. The van der Waals surface area contributed by atoms with Gasteiger partial charge in [0.05, 0.1) is 13.1 Å². The maximum absolute atomic E-state index is 12.9. The summed E-state index contributed by atoms with van der Waals surface area (Å²) in [7, 11) is 0. The van der Waals surface area contributed by atoms with Gasteiger partial charge in [0.1, 0.15) is 0 Å². The fourth-order valence-corrected chi connectivity index (χ4v) is 3.97. The summed E-state index contributed by atoms with van der Waals surface area (Å²) in [5.41, 5.74) is 1.79. The van der Waals surface area contributed by atoms with Crippen LogP contribution in [0.15, 0.2) is 28.8 Å². The second-order valence-electron chi connectivity index (χ2n) is 7.89. The molecule has 32 heavy (non-hydrogen) atoms. The van der Waals surface area contributed by atoms with Crippen LogP contribution in [0.3, 0.4) is 0 Å². The highest BCUT2D eigenvalue weighted by molar-refractivity contribution is 6.30. The van der Waals surface area contributed by atoms with E-state index in [1.165, 1.54) is 4.80 Å². The molecule has 168 valence electrons. The molecule has 2 aromatic heterocycles. The molecule has 1 aromatic carbocycles. The van der Waals surface area contributed by atoms with Gasteiger partial charge in [0.2, 0.25) is 11.8 Å². The number of tetrazole rings is 1. The van der Waals surface area contributed by atoms with Gasteiger partial charge in [-0.2, -0.15) is 9.78 Å². The molecule has 1 unspecified atom stereocenters. The highest BCUT2D eigenvalue weighted by atomic mass is 35.5. The van der Waals surface area contributed by atoms with Crippen LogP contribution in [-0.2, 0) is 17.9 Å². The van der Waals surface area contributed by atoms with Crippen LogP contribution in [0.1, 0.15) is 35.6 Å². The monoisotopic (exact) mass is 456 g/mol. The van der Waals surface area contributed by atoms with Crippen LogP contribution in [0, 0.1) is 13.8 Å². The van der Waals surface area contributed by atoms with E-state index in [0.717, 1.165) is 24.2 Å². The van der Waals surface area contributed by atoms with Crippen molar-refractivity contribution in [2.24, 2.45) is 0 Å². The van der Waals surface area contributed by atoms with Crippen molar-refractivity contribution in [3.05, 3.63) is 58.0 Å². The number of hydrogen-bond acceptors (Lipinski definition) is 8. The average molecular weight is 457 g/mol. The molecule has 1 atom stereocenters. The van der Waals surface area contributed by atoms with Crippen molar-refractivity contribution >= 4 is 23.6 Å². The zero-order chi connectivity index (χ0) is 22.7. The molecule has 3 heterocycles. The van der Waals surface area contributed by atoms with Crippen molar-refractivity contribution in [3.63, 3.8) is 0 Å². The van der Waals surface area contributed by atoms with E-state index in [1.54, 1.807) is 26.0 Å². The van der Waals surface area contributed by atoms with Gasteiger partial charge in [-0.05, 0) is 55.3 Å². The van der Waals surface area contributed by atoms with Crippen molar-refractivity contribution < 1.29 is 9.32 Å². The Bertz CT molecular complexity index is 1120. The van der Waals surface area contributed by atoms with Gasteiger partial charge in [0.15, 0.2) is 11.6 Å². The van der Waals surface area contributed by atoms with Gasteiger partial charge in [0.25, 0.3) is 0 Å². The molecule has 11 heteroatoms. The fraction of sp³-hybridized carbons (Fsp3) is 0.429. The molecule has 0 aliphatic carbocycles. The molecule has 3 aromatic rings. The van der Waals surface area contributed by atoms with Crippen molar-refractivity contribution in [2.45, 2.75) is 39.9 Å². The minimum atomic E-state index is -0.0265. The lowest BCUT2D eigenvalue weighted by Crippen LogP contribution is -2.53. The van der Waals surface area contributed by atoms with Gasteiger partial charge in [-0.25, -0.2) is 0 Å². The van der Waals surface area contributed by atoms with Gasteiger partial charge < -0.3 is 9.42 Å². The maximum Gasteiger partial charge on any atom is 0.246 e. The second kappa shape index (κ2) is 9.58. The van der Waals surface area contributed by atoms with Crippen LogP contribution < -0.4 is 0 Å². The first-order chi connectivity index (χ1) is 15.4. The van der Waals surface area contributed by atoms with Crippen molar-refractivity contribution in [2.75, 3.05) is 19.6 Å². The van der Waals surface area contributed by atoms with E-state index in [-0.39, 0.29) is 11.9 Å². The Morgan fingerprint density at radius 2 is 2.09 bits per heavy atom. The molecule has 1 aliphatic heterocycles. The molecule has 0 N–H and O–H groups in total. The summed E-state index contributed by atoms with van der Waals surface area (Å²) in [6.45, 7) is 8.75. The van der Waals surface area contributed by atoms with Crippen LogP contribution in [0.5, 0.6) is 0 Å². The minimum absolute atomic E-state index is 0.0265. The van der Waals surface area contributed by atoms with Crippen LogP contribution in [0.4, 0.5) is 0 Å². The van der Waals surface area contributed by atoms with Crippen LogP contribution in [0.25, 0.3) is 6.08 Å². The molecule has 4 rings (SSSR count). The van der Waals surface area contributed by atoms with E-state index in [2.05, 4.69) is 30.5 Å². The molecule has 0 radical (unpaired) electrons. The molecule has 1 saturated heterocycles. The van der Waals surface area contributed by atoms with E-state index in [9.17, 15) is 4.79 Å². The Balaban J connectivity index is 1.40. The van der Waals surface area contributed by atoms with Crippen LogP contribution in [0.2, 0.25) is 5.02 Å². The van der Waals surface area contributed by atoms with E-state index in [1.807, 2.05) is 30.0 Å². The van der Waals surface area contributed by atoms with E-state index in [0.29, 0.717) is 42.2 Å². The van der Waals surface area contributed by atoms with E-state index >= 15 is 0 Å². The number of aromatic nitrogens is 6. The lowest BCUT2D eigenvalue weighted by molar-refractivity contribution is -0.130. The van der Waals surface area contributed by atoms with Gasteiger partial charge >= 0.3 is 0 Å². The largest absolute Gasteiger partial charge is 0.338 e. The van der Waals surface area contributed by atoms with Gasteiger partial charge in [-0.1, -0.05) is 22.8 Å². The first kappa shape index (κ1) is 22.1. The summed E-state index contributed by atoms with van der Waals surface area (Å²) in [4.78, 5) is 22.8. The number of piperazine rings is 1. The minimum Gasteiger partial charge on any atom is -0.338 e. The highest BCUT2D eigenvalue weighted by Gasteiger charge is 2.27. The lowest BCUT2D eigenvalue weighted by atomic mass is 10.1. The number of amides is 1. The normalized spacial score (nSPS) is 17.4. The predicted molar refractivity (Wildman–Crippen MR) is 118 cm³/mol. The van der Waals surface area contributed by atoms with Crippen molar-refractivity contribution in [3.8, 4) is 0 Å². The third kappa shape index (κ3) is 5.38. The summed E-state index contributed by atoms with van der Waals surface area (Å²) in [5.74, 6) is 1.80. The van der Waals surface area contributed by atoms with Crippen LogP contribution >= 0.6 is 11.6 Å². The summed E-state index contributed by atoms with van der Waals surface area (Å²) in [6.07, 6.45) is 3.43. The Labute approximate surface area is 190 Å². The molecular formula is C21H25ClN8O2. The predicted octanol–water partition coefficient (Wildman–Crippen LogP) is 2.12. The zero-order valence-electron chi connectivity index (χ0n) is 18.3. The Kier molecular flexibility index (Phi) is 6.61. The fourth-order valence-electron chi connectivity index (χ4n) is 3.77.